The number of aromatic nitrogens is 1. The van der Waals surface area contributed by atoms with Crippen molar-refractivity contribution in [1.29, 1.82) is 0 Å². The maximum atomic E-state index is 11.6. The van der Waals surface area contributed by atoms with E-state index in [1.165, 1.54) is 18.3 Å². The number of nitro benzene ring substituents is 1. The lowest BCUT2D eigenvalue weighted by Gasteiger charge is -2.04. The Morgan fingerprint density at radius 2 is 2.00 bits per heavy atom. The Kier molecular flexibility index (Phi) is 4.05. The molecular formula is C14H12N2O4. The predicted molar refractivity (Wildman–Crippen MR) is 72.3 cm³/mol. The van der Waals surface area contributed by atoms with Gasteiger partial charge in [-0.1, -0.05) is 0 Å². The van der Waals surface area contributed by atoms with Gasteiger partial charge >= 0.3 is 5.97 Å². The highest BCUT2D eigenvalue weighted by molar-refractivity contribution is 5.90. The molecule has 6 nitrogen and oxygen atoms in total. The van der Waals surface area contributed by atoms with Crippen molar-refractivity contribution in [2.45, 2.75) is 6.92 Å². The number of rotatable bonds is 4. The number of nitro groups is 1. The van der Waals surface area contributed by atoms with Gasteiger partial charge in [0.05, 0.1) is 22.8 Å². The third-order valence-corrected chi connectivity index (χ3v) is 2.64. The van der Waals surface area contributed by atoms with Crippen LogP contribution in [-0.4, -0.2) is 22.5 Å². The Morgan fingerprint density at radius 1 is 1.30 bits per heavy atom. The minimum Gasteiger partial charge on any atom is -0.462 e. The molecule has 0 radical (unpaired) electrons. The number of esters is 1. The molecule has 0 aliphatic heterocycles. The quantitative estimate of drug-likeness (QED) is 0.485. The summed E-state index contributed by atoms with van der Waals surface area (Å²) in [6, 6.07) is 9.14. The first kappa shape index (κ1) is 13.7. The molecule has 0 saturated carbocycles. The summed E-state index contributed by atoms with van der Waals surface area (Å²) in [5, 5.41) is 10.6. The Bertz CT molecular complexity index is 638. The minimum absolute atomic E-state index is 0.00953. The average molecular weight is 272 g/mol. The van der Waals surface area contributed by atoms with Crippen LogP contribution < -0.4 is 0 Å². The maximum absolute atomic E-state index is 11.6. The number of benzene rings is 1. The second-order valence-corrected chi connectivity index (χ2v) is 3.95. The summed E-state index contributed by atoms with van der Waals surface area (Å²) in [5.74, 6) is -0.418. The van der Waals surface area contributed by atoms with Crippen molar-refractivity contribution in [2.24, 2.45) is 0 Å². The van der Waals surface area contributed by atoms with E-state index >= 15 is 0 Å². The van der Waals surface area contributed by atoms with Crippen LogP contribution >= 0.6 is 0 Å². The van der Waals surface area contributed by atoms with Crippen LogP contribution in [0.2, 0.25) is 0 Å². The zero-order chi connectivity index (χ0) is 14.5. The molecule has 0 unspecified atom stereocenters. The first-order valence-electron chi connectivity index (χ1n) is 6.00. The molecule has 0 aliphatic carbocycles. The molecule has 0 atom stereocenters. The topological polar surface area (TPSA) is 82.3 Å². The fourth-order valence-corrected chi connectivity index (χ4v) is 1.68. The Labute approximate surface area is 115 Å². The van der Waals surface area contributed by atoms with E-state index in [-0.39, 0.29) is 5.69 Å². The standard InChI is InChI=1S/C14H12N2O4/c1-2-20-14(17)11-7-8-15-13(9-11)10-3-5-12(6-4-10)16(18)19/h3-9H,2H2,1H3. The van der Waals surface area contributed by atoms with Gasteiger partial charge in [-0.05, 0) is 31.2 Å². The number of ether oxygens (including phenoxy) is 1. The highest BCUT2D eigenvalue weighted by Crippen LogP contribution is 2.21. The van der Waals surface area contributed by atoms with E-state index in [1.807, 2.05) is 0 Å². The van der Waals surface area contributed by atoms with Crippen LogP contribution in [-0.2, 0) is 4.74 Å². The van der Waals surface area contributed by atoms with Crippen LogP contribution in [0.1, 0.15) is 17.3 Å². The zero-order valence-electron chi connectivity index (χ0n) is 10.8. The van der Waals surface area contributed by atoms with Gasteiger partial charge in [0.2, 0.25) is 0 Å². The zero-order valence-corrected chi connectivity index (χ0v) is 10.8. The summed E-state index contributed by atoms with van der Waals surface area (Å²) in [5.41, 5.74) is 1.66. The van der Waals surface area contributed by atoms with E-state index in [2.05, 4.69) is 4.98 Å². The third kappa shape index (κ3) is 2.97. The van der Waals surface area contributed by atoms with Gasteiger partial charge in [-0.2, -0.15) is 0 Å². The molecule has 20 heavy (non-hydrogen) atoms. The molecule has 0 bridgehead atoms. The molecule has 0 fully saturated rings. The Hall–Kier alpha value is -2.76. The van der Waals surface area contributed by atoms with Gasteiger partial charge in [-0.15, -0.1) is 0 Å². The Morgan fingerprint density at radius 3 is 2.60 bits per heavy atom. The number of hydrogen-bond acceptors (Lipinski definition) is 5. The second kappa shape index (κ2) is 5.92. The van der Waals surface area contributed by atoms with Crippen molar-refractivity contribution in [2.75, 3.05) is 6.61 Å². The summed E-state index contributed by atoms with van der Waals surface area (Å²) in [4.78, 5) is 25.9. The normalized spacial score (nSPS) is 10.1. The number of nitrogens with zero attached hydrogens (tertiary/aromatic N) is 2. The predicted octanol–water partition coefficient (Wildman–Crippen LogP) is 2.83. The Balaban J connectivity index is 2.31. The fraction of sp³-hybridized carbons (Fsp3) is 0.143. The number of non-ortho nitro benzene ring substituents is 1. The summed E-state index contributed by atoms with van der Waals surface area (Å²) in [7, 11) is 0. The molecule has 1 aromatic heterocycles. The number of carbonyl (C=O) groups excluding carboxylic acids is 1. The van der Waals surface area contributed by atoms with Gasteiger partial charge in [-0.25, -0.2) is 4.79 Å². The van der Waals surface area contributed by atoms with Crippen LogP contribution in [0.3, 0.4) is 0 Å². The van der Waals surface area contributed by atoms with Gasteiger partial charge in [0.15, 0.2) is 0 Å². The molecule has 6 heteroatoms. The van der Waals surface area contributed by atoms with Gasteiger partial charge in [0.1, 0.15) is 0 Å². The van der Waals surface area contributed by atoms with Crippen molar-refractivity contribution in [3.05, 3.63) is 58.3 Å². The molecule has 0 spiro atoms. The molecule has 0 N–H and O–H groups in total. The molecular weight excluding hydrogens is 260 g/mol. The molecule has 0 saturated heterocycles. The summed E-state index contributed by atoms with van der Waals surface area (Å²) in [6.45, 7) is 2.03. The van der Waals surface area contributed by atoms with E-state index in [9.17, 15) is 14.9 Å². The minimum atomic E-state index is -0.466. The molecule has 2 aromatic rings. The molecule has 0 aliphatic rings. The lowest BCUT2D eigenvalue weighted by molar-refractivity contribution is -0.384. The lowest BCUT2D eigenvalue weighted by atomic mass is 10.1. The number of hydrogen-bond donors (Lipinski definition) is 0. The third-order valence-electron chi connectivity index (χ3n) is 2.64. The van der Waals surface area contributed by atoms with Crippen LogP contribution in [0, 0.1) is 10.1 Å². The van der Waals surface area contributed by atoms with Crippen molar-refractivity contribution >= 4 is 11.7 Å². The lowest BCUT2D eigenvalue weighted by Crippen LogP contribution is -2.04. The maximum Gasteiger partial charge on any atom is 0.338 e. The highest BCUT2D eigenvalue weighted by Gasteiger charge is 2.10. The highest BCUT2D eigenvalue weighted by atomic mass is 16.6. The van der Waals surface area contributed by atoms with Crippen molar-refractivity contribution in [3.8, 4) is 11.3 Å². The average Bonchev–Trinajstić information content (AvgIpc) is 2.48. The molecule has 102 valence electrons. The van der Waals surface area contributed by atoms with E-state index < -0.39 is 10.9 Å². The SMILES string of the molecule is CCOC(=O)c1ccnc(-c2ccc([N+](=O)[O-])cc2)c1. The monoisotopic (exact) mass is 272 g/mol. The number of carbonyl (C=O) groups is 1. The smallest absolute Gasteiger partial charge is 0.338 e. The largest absolute Gasteiger partial charge is 0.462 e. The first-order chi connectivity index (χ1) is 9.61. The first-order valence-corrected chi connectivity index (χ1v) is 6.00. The van der Waals surface area contributed by atoms with E-state index in [4.69, 9.17) is 4.74 Å². The molecule has 0 amide bonds. The summed E-state index contributed by atoms with van der Waals surface area (Å²) < 4.78 is 4.91. The number of pyridine rings is 1. The van der Waals surface area contributed by atoms with Gasteiger partial charge in [0.25, 0.3) is 5.69 Å². The van der Waals surface area contributed by atoms with Crippen molar-refractivity contribution in [3.63, 3.8) is 0 Å². The van der Waals surface area contributed by atoms with Crippen LogP contribution in [0.25, 0.3) is 11.3 Å². The van der Waals surface area contributed by atoms with Crippen molar-refractivity contribution < 1.29 is 14.5 Å². The van der Waals surface area contributed by atoms with E-state index in [0.29, 0.717) is 23.4 Å². The van der Waals surface area contributed by atoms with Gasteiger partial charge in [-0.3, -0.25) is 15.1 Å². The van der Waals surface area contributed by atoms with E-state index in [0.717, 1.165) is 0 Å². The molecule has 2 rings (SSSR count). The van der Waals surface area contributed by atoms with E-state index in [1.54, 1.807) is 31.2 Å². The van der Waals surface area contributed by atoms with Crippen LogP contribution in [0.4, 0.5) is 5.69 Å². The molecule has 1 aromatic carbocycles. The fourth-order valence-electron chi connectivity index (χ4n) is 1.68. The van der Waals surface area contributed by atoms with Crippen LogP contribution in [0.5, 0.6) is 0 Å². The summed E-state index contributed by atoms with van der Waals surface area (Å²) >= 11 is 0. The second-order valence-electron chi connectivity index (χ2n) is 3.95. The molecule has 1 heterocycles. The van der Waals surface area contributed by atoms with Gasteiger partial charge in [0, 0.05) is 23.9 Å². The van der Waals surface area contributed by atoms with Crippen molar-refractivity contribution in [1.82, 2.24) is 4.98 Å². The van der Waals surface area contributed by atoms with Gasteiger partial charge < -0.3 is 4.74 Å². The summed E-state index contributed by atoms with van der Waals surface area (Å²) in [6.07, 6.45) is 1.50. The van der Waals surface area contributed by atoms with Crippen LogP contribution in [0.15, 0.2) is 42.6 Å².